The first-order chi connectivity index (χ1) is 6.40. The van der Waals surface area contributed by atoms with Crippen molar-refractivity contribution in [2.24, 2.45) is 5.10 Å². The van der Waals surface area contributed by atoms with E-state index in [0.717, 1.165) is 0 Å². The molecule has 0 atom stereocenters. The fourth-order valence-corrected chi connectivity index (χ4v) is 0.612. The number of rotatable bonds is 4. The first kappa shape index (κ1) is 12.1. The van der Waals surface area contributed by atoms with Gasteiger partial charge in [-0.1, -0.05) is 6.92 Å². The summed E-state index contributed by atoms with van der Waals surface area (Å²) in [4.78, 5) is 31.6. The van der Waals surface area contributed by atoms with E-state index in [-0.39, 0.29) is 6.42 Å². The van der Waals surface area contributed by atoms with Crippen LogP contribution in [0.1, 0.15) is 13.3 Å². The summed E-state index contributed by atoms with van der Waals surface area (Å²) in [6, 6.07) is 0. The molecule has 0 aliphatic rings. The van der Waals surface area contributed by atoms with Gasteiger partial charge in [0.1, 0.15) is 0 Å². The Morgan fingerprint density at radius 2 is 1.64 bits per heavy atom. The molecule has 7 nitrogen and oxygen atoms in total. The molecule has 0 fully saturated rings. The predicted molar refractivity (Wildman–Crippen MR) is 45.8 cm³/mol. The largest absolute Gasteiger partial charge is 0.476 e. The Morgan fingerprint density at radius 1 is 1.21 bits per heavy atom. The van der Waals surface area contributed by atoms with E-state index in [9.17, 15) is 14.4 Å². The molecule has 7 heteroatoms. The van der Waals surface area contributed by atoms with E-state index < -0.39 is 23.6 Å². The Morgan fingerprint density at radius 3 is 1.93 bits per heavy atom. The average Bonchev–Trinajstić information content (AvgIpc) is 2.11. The number of carboxylic acid groups (broad SMARTS) is 2. The smallest absolute Gasteiger partial charge is 0.364 e. The van der Waals surface area contributed by atoms with Crippen LogP contribution in [0.25, 0.3) is 0 Å². The molecule has 0 heterocycles. The second-order valence-corrected chi connectivity index (χ2v) is 2.33. The Kier molecular flexibility index (Phi) is 4.27. The van der Waals surface area contributed by atoms with Gasteiger partial charge in [0.25, 0.3) is 5.71 Å². The molecule has 0 radical (unpaired) electrons. The quantitative estimate of drug-likeness (QED) is 0.359. The van der Waals surface area contributed by atoms with Gasteiger partial charge < -0.3 is 10.2 Å². The maximum Gasteiger partial charge on any atom is 0.364 e. The van der Waals surface area contributed by atoms with Crippen LogP contribution in [0.15, 0.2) is 5.10 Å². The van der Waals surface area contributed by atoms with Crippen molar-refractivity contribution in [3.8, 4) is 0 Å². The molecule has 0 spiro atoms. The van der Waals surface area contributed by atoms with Crippen molar-refractivity contribution in [1.29, 1.82) is 0 Å². The molecule has 0 unspecified atom stereocenters. The highest BCUT2D eigenvalue weighted by molar-refractivity contribution is 6.61. The number of carbonyl (C=O) groups excluding carboxylic acids is 1. The van der Waals surface area contributed by atoms with Crippen LogP contribution < -0.4 is 0 Å². The zero-order chi connectivity index (χ0) is 11.3. The topological polar surface area (TPSA) is 107 Å². The summed E-state index contributed by atoms with van der Waals surface area (Å²) in [7, 11) is 1.19. The molecule has 0 saturated carbocycles. The normalized spacial score (nSPS) is 9.00. The highest BCUT2D eigenvalue weighted by atomic mass is 16.4. The molecule has 1 amide bonds. The summed E-state index contributed by atoms with van der Waals surface area (Å²) in [6.07, 6.45) is 0.118. The van der Waals surface area contributed by atoms with E-state index >= 15 is 0 Å². The Balaban J connectivity index is 4.83. The number of hydrogen-bond acceptors (Lipinski definition) is 4. The summed E-state index contributed by atoms with van der Waals surface area (Å²) < 4.78 is 0. The van der Waals surface area contributed by atoms with Crippen molar-refractivity contribution in [3.63, 3.8) is 0 Å². The van der Waals surface area contributed by atoms with Gasteiger partial charge >= 0.3 is 11.9 Å². The number of hydrogen-bond donors (Lipinski definition) is 2. The van der Waals surface area contributed by atoms with Gasteiger partial charge in [0.05, 0.1) is 0 Å². The molecular formula is C7H10N2O5. The molecule has 0 aromatic heterocycles. The summed E-state index contributed by atoms with van der Waals surface area (Å²) in [6.45, 7) is 1.55. The van der Waals surface area contributed by atoms with Gasteiger partial charge in [0, 0.05) is 13.5 Å². The lowest BCUT2D eigenvalue weighted by Crippen LogP contribution is -2.29. The van der Waals surface area contributed by atoms with Crippen LogP contribution in [-0.4, -0.2) is 45.8 Å². The predicted octanol–water partition coefficient (Wildman–Crippen LogP) is -0.620. The standard InChI is InChI=1S/C7H10N2O5/c1-3-4(10)9(2)8-5(6(11)12)7(13)14/h3H2,1-2H3,(H,11,12)(H,13,14). The molecule has 0 aliphatic carbocycles. The SMILES string of the molecule is CCC(=O)N(C)N=C(C(=O)O)C(=O)O. The van der Waals surface area contributed by atoms with Crippen molar-refractivity contribution in [2.75, 3.05) is 7.05 Å². The van der Waals surface area contributed by atoms with E-state index in [1.54, 1.807) is 6.92 Å². The van der Waals surface area contributed by atoms with Crippen LogP contribution in [0.2, 0.25) is 0 Å². The first-order valence-electron chi connectivity index (χ1n) is 3.71. The fourth-order valence-electron chi connectivity index (χ4n) is 0.612. The number of aliphatic carboxylic acids is 2. The van der Waals surface area contributed by atoms with E-state index in [2.05, 4.69) is 5.10 Å². The summed E-state index contributed by atoms with van der Waals surface area (Å²) in [5.41, 5.74) is -1.09. The third-order valence-electron chi connectivity index (χ3n) is 1.32. The summed E-state index contributed by atoms with van der Waals surface area (Å²) in [5, 5.41) is 20.6. The number of carboxylic acids is 2. The van der Waals surface area contributed by atoms with Gasteiger partial charge in [0.15, 0.2) is 0 Å². The van der Waals surface area contributed by atoms with Crippen LogP contribution in [0.5, 0.6) is 0 Å². The minimum atomic E-state index is -1.69. The molecule has 0 aromatic rings. The highest BCUT2D eigenvalue weighted by Gasteiger charge is 2.20. The molecule has 14 heavy (non-hydrogen) atoms. The van der Waals surface area contributed by atoms with Gasteiger partial charge in [0.2, 0.25) is 5.91 Å². The lowest BCUT2D eigenvalue weighted by Gasteiger charge is -2.09. The summed E-state index contributed by atoms with van der Waals surface area (Å²) in [5.74, 6) is -3.84. The van der Waals surface area contributed by atoms with Crippen LogP contribution >= 0.6 is 0 Å². The molecule has 0 aromatic carbocycles. The van der Waals surface area contributed by atoms with Gasteiger partial charge in [-0.25, -0.2) is 14.6 Å². The molecule has 0 bridgehead atoms. The van der Waals surface area contributed by atoms with Crippen LogP contribution in [0.3, 0.4) is 0 Å². The molecular weight excluding hydrogens is 192 g/mol. The van der Waals surface area contributed by atoms with Gasteiger partial charge in [-0.15, -0.1) is 0 Å². The average molecular weight is 202 g/mol. The Bertz CT molecular complexity index is 280. The molecule has 2 N–H and O–H groups in total. The number of carbonyl (C=O) groups is 3. The molecule has 0 saturated heterocycles. The maximum atomic E-state index is 10.9. The number of hydrazone groups is 1. The fraction of sp³-hybridized carbons (Fsp3) is 0.429. The van der Waals surface area contributed by atoms with Gasteiger partial charge in [-0.3, -0.25) is 4.79 Å². The Hall–Kier alpha value is -1.92. The first-order valence-corrected chi connectivity index (χ1v) is 3.71. The minimum absolute atomic E-state index is 0.118. The van der Waals surface area contributed by atoms with E-state index in [1.807, 2.05) is 0 Å². The lowest BCUT2D eigenvalue weighted by molar-refractivity contribution is -0.134. The summed E-state index contributed by atoms with van der Waals surface area (Å²) >= 11 is 0. The molecule has 0 rings (SSSR count). The van der Waals surface area contributed by atoms with Crippen molar-refractivity contribution >= 4 is 23.6 Å². The zero-order valence-electron chi connectivity index (χ0n) is 7.72. The molecule has 0 aliphatic heterocycles. The third kappa shape index (κ3) is 3.21. The highest BCUT2D eigenvalue weighted by Crippen LogP contribution is 1.92. The monoisotopic (exact) mass is 202 g/mol. The van der Waals surface area contributed by atoms with Crippen LogP contribution in [-0.2, 0) is 14.4 Å². The van der Waals surface area contributed by atoms with Gasteiger partial charge in [-0.2, -0.15) is 5.10 Å². The number of amides is 1. The molecule has 78 valence electrons. The van der Waals surface area contributed by atoms with E-state index in [1.165, 1.54) is 7.05 Å². The Labute approximate surface area is 79.6 Å². The maximum absolute atomic E-state index is 10.9. The van der Waals surface area contributed by atoms with E-state index in [4.69, 9.17) is 10.2 Å². The lowest BCUT2D eigenvalue weighted by atomic mass is 10.4. The van der Waals surface area contributed by atoms with Crippen molar-refractivity contribution < 1.29 is 24.6 Å². The van der Waals surface area contributed by atoms with Crippen LogP contribution in [0, 0.1) is 0 Å². The van der Waals surface area contributed by atoms with Crippen molar-refractivity contribution in [3.05, 3.63) is 0 Å². The van der Waals surface area contributed by atoms with Crippen molar-refractivity contribution in [2.45, 2.75) is 13.3 Å². The second-order valence-electron chi connectivity index (χ2n) is 2.33. The van der Waals surface area contributed by atoms with E-state index in [0.29, 0.717) is 5.01 Å². The number of nitrogens with zero attached hydrogens (tertiary/aromatic N) is 2. The zero-order valence-corrected chi connectivity index (χ0v) is 7.72. The van der Waals surface area contributed by atoms with Gasteiger partial charge in [-0.05, 0) is 0 Å². The second kappa shape index (κ2) is 4.95. The van der Waals surface area contributed by atoms with Crippen LogP contribution in [0.4, 0.5) is 0 Å². The third-order valence-corrected chi connectivity index (χ3v) is 1.32. The minimum Gasteiger partial charge on any atom is -0.476 e. The van der Waals surface area contributed by atoms with Crippen molar-refractivity contribution in [1.82, 2.24) is 5.01 Å².